The summed E-state index contributed by atoms with van der Waals surface area (Å²) in [6.07, 6.45) is 6.64. The van der Waals surface area contributed by atoms with E-state index in [2.05, 4.69) is 45.7 Å². The number of esters is 1. The average Bonchev–Trinajstić information content (AvgIpc) is 3.56. The number of nitrogens with one attached hydrogen (secondary N) is 1. The van der Waals surface area contributed by atoms with Crippen molar-refractivity contribution in [2.45, 2.75) is 57.7 Å². The van der Waals surface area contributed by atoms with Gasteiger partial charge in [-0.2, -0.15) is 0 Å². The van der Waals surface area contributed by atoms with Crippen LogP contribution in [0, 0.1) is 13.8 Å². The number of carbonyl (C=O) groups is 1. The van der Waals surface area contributed by atoms with Crippen molar-refractivity contribution >= 4 is 23.3 Å². The predicted molar refractivity (Wildman–Crippen MR) is 136 cm³/mol. The first kappa shape index (κ1) is 22.6. The van der Waals surface area contributed by atoms with E-state index in [4.69, 9.17) is 17.0 Å². The molecule has 5 rings (SSSR count). The third kappa shape index (κ3) is 3.88. The molecule has 3 aromatic rings. The molecule has 7 heteroatoms. The molecule has 2 fully saturated rings. The minimum absolute atomic E-state index is 0.0235. The fourth-order valence-corrected chi connectivity index (χ4v) is 6.04. The maximum absolute atomic E-state index is 12.1. The van der Waals surface area contributed by atoms with E-state index in [1.165, 1.54) is 25.5 Å². The molecule has 1 saturated carbocycles. The molecule has 0 unspecified atom stereocenters. The van der Waals surface area contributed by atoms with Crippen LogP contribution in [-0.4, -0.2) is 38.7 Å². The molecule has 2 aromatic heterocycles. The molecule has 1 aliphatic heterocycles. The van der Waals surface area contributed by atoms with Crippen LogP contribution in [0.2, 0.25) is 0 Å². The third-order valence-electron chi connectivity index (χ3n) is 7.17. The molecule has 0 radical (unpaired) electrons. The lowest BCUT2D eigenvalue weighted by molar-refractivity contribution is 0.0600. The van der Waals surface area contributed by atoms with Crippen LogP contribution in [0.5, 0.6) is 0 Å². The van der Waals surface area contributed by atoms with E-state index in [1.54, 1.807) is 6.07 Å². The van der Waals surface area contributed by atoms with Gasteiger partial charge in [0.05, 0.1) is 30.5 Å². The van der Waals surface area contributed by atoms with Crippen LogP contribution in [0.3, 0.4) is 0 Å². The first-order chi connectivity index (χ1) is 16.5. The van der Waals surface area contributed by atoms with Gasteiger partial charge in [-0.05, 0) is 80.9 Å². The van der Waals surface area contributed by atoms with Gasteiger partial charge in [-0.25, -0.2) is 4.79 Å². The van der Waals surface area contributed by atoms with E-state index >= 15 is 0 Å². The first-order valence-electron chi connectivity index (χ1n) is 11.9. The summed E-state index contributed by atoms with van der Waals surface area (Å²) in [7, 11) is 1.41. The molecular weight excluding hydrogens is 444 g/mol. The summed E-state index contributed by atoms with van der Waals surface area (Å²) in [5.74, 6) is -0.336. The van der Waals surface area contributed by atoms with Crippen LogP contribution >= 0.6 is 12.2 Å². The Hall–Kier alpha value is -3.19. The molecular formula is C27H30N4O2S. The van der Waals surface area contributed by atoms with Crippen LogP contribution in [0.15, 0.2) is 54.7 Å². The van der Waals surface area contributed by atoms with Gasteiger partial charge in [-0.15, -0.1) is 0 Å². The highest BCUT2D eigenvalue weighted by molar-refractivity contribution is 7.80. The lowest BCUT2D eigenvalue weighted by Gasteiger charge is -2.33. The van der Waals surface area contributed by atoms with E-state index in [1.807, 2.05) is 36.5 Å². The van der Waals surface area contributed by atoms with Gasteiger partial charge in [0.15, 0.2) is 5.11 Å². The lowest BCUT2D eigenvalue weighted by atomic mass is 9.95. The van der Waals surface area contributed by atoms with Gasteiger partial charge in [-0.1, -0.05) is 25.0 Å². The van der Waals surface area contributed by atoms with Gasteiger partial charge in [0, 0.05) is 29.3 Å². The molecule has 0 spiro atoms. The van der Waals surface area contributed by atoms with Crippen molar-refractivity contribution in [1.82, 2.24) is 19.8 Å². The molecule has 1 aliphatic carbocycles. The molecule has 0 bridgehead atoms. The maximum atomic E-state index is 12.1. The number of carbonyl (C=O) groups excluding carboxylic acids is 1. The van der Waals surface area contributed by atoms with Gasteiger partial charge in [0.25, 0.3) is 0 Å². The van der Waals surface area contributed by atoms with Gasteiger partial charge in [0.1, 0.15) is 0 Å². The highest BCUT2D eigenvalue weighted by atomic mass is 32.1. The van der Waals surface area contributed by atoms with Gasteiger partial charge < -0.3 is 19.5 Å². The second-order valence-electron chi connectivity index (χ2n) is 9.18. The number of thiocarbonyl (C=S) groups is 1. The van der Waals surface area contributed by atoms with Crippen LogP contribution in [-0.2, 0) is 4.74 Å². The molecule has 2 atom stereocenters. The zero-order valence-corrected chi connectivity index (χ0v) is 20.6. The number of rotatable bonds is 5. The van der Waals surface area contributed by atoms with Crippen molar-refractivity contribution in [3.8, 4) is 5.69 Å². The Morgan fingerprint density at radius 1 is 1.12 bits per heavy atom. The number of benzene rings is 1. The highest BCUT2D eigenvalue weighted by Crippen LogP contribution is 2.44. The second-order valence-corrected chi connectivity index (χ2v) is 9.56. The Morgan fingerprint density at radius 3 is 2.62 bits per heavy atom. The average molecular weight is 475 g/mol. The van der Waals surface area contributed by atoms with Crippen molar-refractivity contribution in [3.63, 3.8) is 0 Å². The number of hydrogen-bond donors (Lipinski definition) is 1. The molecule has 2 aliphatic rings. The summed E-state index contributed by atoms with van der Waals surface area (Å²) < 4.78 is 7.15. The molecule has 1 N–H and O–H groups in total. The number of aromatic nitrogens is 2. The number of hydrogen-bond acceptors (Lipinski definition) is 4. The molecule has 34 heavy (non-hydrogen) atoms. The number of aryl methyl sites for hydroxylation is 1. The number of pyridine rings is 1. The Labute approximate surface area is 205 Å². The fourth-order valence-electron chi connectivity index (χ4n) is 5.65. The monoisotopic (exact) mass is 474 g/mol. The van der Waals surface area contributed by atoms with Crippen LogP contribution in [0.1, 0.15) is 70.8 Å². The molecule has 3 heterocycles. The molecule has 6 nitrogen and oxygen atoms in total. The fraction of sp³-hybridized carbons (Fsp3) is 0.370. The van der Waals surface area contributed by atoms with Crippen LogP contribution < -0.4 is 5.32 Å². The number of nitrogens with zero attached hydrogens (tertiary/aromatic N) is 3. The minimum Gasteiger partial charge on any atom is -0.465 e. The van der Waals surface area contributed by atoms with Crippen molar-refractivity contribution in [1.29, 1.82) is 0 Å². The van der Waals surface area contributed by atoms with Crippen molar-refractivity contribution in [3.05, 3.63) is 82.9 Å². The van der Waals surface area contributed by atoms with Crippen LogP contribution in [0.25, 0.3) is 5.69 Å². The Balaban J connectivity index is 1.62. The van der Waals surface area contributed by atoms with Gasteiger partial charge in [0.2, 0.25) is 0 Å². The zero-order chi connectivity index (χ0) is 23.8. The number of methoxy groups -OCH3 is 1. The summed E-state index contributed by atoms with van der Waals surface area (Å²) in [5.41, 5.74) is 5.96. The summed E-state index contributed by atoms with van der Waals surface area (Å²) in [6, 6.07) is 16.4. The smallest absolute Gasteiger partial charge is 0.337 e. The minimum atomic E-state index is -0.336. The quantitative estimate of drug-likeness (QED) is 0.406. The number of ether oxygens (including phenoxy) is 1. The highest BCUT2D eigenvalue weighted by Gasteiger charge is 2.44. The lowest BCUT2D eigenvalue weighted by Crippen LogP contribution is -2.37. The van der Waals surface area contributed by atoms with E-state index < -0.39 is 0 Å². The molecule has 1 saturated heterocycles. The summed E-state index contributed by atoms with van der Waals surface area (Å²) in [4.78, 5) is 19.3. The van der Waals surface area contributed by atoms with E-state index in [0.29, 0.717) is 11.6 Å². The topological polar surface area (TPSA) is 59.4 Å². The summed E-state index contributed by atoms with van der Waals surface area (Å²) >= 11 is 5.90. The normalized spacial score (nSPS) is 20.6. The first-order valence-corrected chi connectivity index (χ1v) is 12.3. The van der Waals surface area contributed by atoms with E-state index in [-0.39, 0.29) is 18.1 Å². The largest absolute Gasteiger partial charge is 0.465 e. The summed E-state index contributed by atoms with van der Waals surface area (Å²) in [5, 5.41) is 4.41. The Kier molecular flexibility index (Phi) is 6.13. The summed E-state index contributed by atoms with van der Waals surface area (Å²) in [6.45, 7) is 4.26. The SMILES string of the molecule is COC(=O)c1cccc(-n2c(C)cc([C@@H]3[C@H](c4ccccn4)NC(=S)N3C3CCCC3)c2C)c1. The standard InChI is InChI=1S/C27H30N4O2S/c1-17-15-22(18(2)30(17)21-12-8-9-19(16-21)26(32)33-3)25-24(23-13-6-7-14-28-23)29-27(34)31(25)20-10-4-5-11-20/h6-9,12-16,20,24-25H,4-5,10-11H2,1-3H3,(H,29,34)/t24-,25+/m0/s1. The van der Waals surface area contributed by atoms with Gasteiger partial charge in [-0.3, -0.25) is 4.98 Å². The van der Waals surface area contributed by atoms with Crippen molar-refractivity contribution < 1.29 is 9.53 Å². The van der Waals surface area contributed by atoms with Crippen molar-refractivity contribution in [2.24, 2.45) is 0 Å². The Bertz CT molecular complexity index is 1220. The third-order valence-corrected chi connectivity index (χ3v) is 7.50. The van der Waals surface area contributed by atoms with Crippen molar-refractivity contribution in [2.75, 3.05) is 7.11 Å². The van der Waals surface area contributed by atoms with Gasteiger partial charge >= 0.3 is 5.97 Å². The predicted octanol–water partition coefficient (Wildman–Crippen LogP) is 5.19. The molecule has 1 aromatic carbocycles. The van der Waals surface area contributed by atoms with E-state index in [0.717, 1.165) is 40.7 Å². The Morgan fingerprint density at radius 2 is 1.91 bits per heavy atom. The maximum Gasteiger partial charge on any atom is 0.337 e. The second kappa shape index (κ2) is 9.22. The zero-order valence-electron chi connectivity index (χ0n) is 19.8. The van der Waals surface area contributed by atoms with Crippen LogP contribution in [0.4, 0.5) is 0 Å². The molecule has 0 amide bonds. The van der Waals surface area contributed by atoms with E-state index in [9.17, 15) is 4.79 Å². The molecule has 176 valence electrons.